The van der Waals surface area contributed by atoms with Gasteiger partial charge in [0.2, 0.25) is 0 Å². The first-order chi connectivity index (χ1) is 11.9. The minimum absolute atomic E-state index is 0.0850. The topological polar surface area (TPSA) is 52.6 Å². The minimum atomic E-state index is -5.08. The highest BCUT2D eigenvalue weighted by molar-refractivity contribution is 9.10. The van der Waals surface area contributed by atoms with Crippen LogP contribution in [-0.2, 0) is 11.0 Å². The van der Waals surface area contributed by atoms with Crippen LogP contribution >= 0.6 is 15.9 Å². The molecule has 1 unspecified atom stereocenters. The van der Waals surface area contributed by atoms with Crippen LogP contribution in [0, 0.1) is 0 Å². The van der Waals surface area contributed by atoms with Gasteiger partial charge in [-0.2, -0.15) is 26.3 Å². The monoisotopic (exact) mass is 448 g/mol. The lowest BCUT2D eigenvalue weighted by Gasteiger charge is -2.37. The number of hydrogen-bond acceptors (Lipinski definition) is 3. The molecule has 0 radical (unpaired) electrons. The molecule has 1 fully saturated rings. The Morgan fingerprint density at radius 2 is 1.88 bits per heavy atom. The molecule has 2 N–H and O–H groups in total. The zero-order valence-corrected chi connectivity index (χ0v) is 14.7. The molecule has 0 aromatic heterocycles. The second-order valence-electron chi connectivity index (χ2n) is 5.17. The average Bonchev–Trinajstić information content (AvgIpc) is 2.53. The van der Waals surface area contributed by atoms with Crippen LogP contribution in [0.25, 0.3) is 0 Å². The Morgan fingerprint density at radius 1 is 1.31 bits per heavy atom. The number of piperazine rings is 1. The van der Waals surface area contributed by atoms with Crippen LogP contribution < -0.4 is 10.2 Å². The first-order valence-corrected chi connectivity index (χ1v) is 7.94. The summed E-state index contributed by atoms with van der Waals surface area (Å²) in [6.45, 7) is 6.06. The Hall–Kier alpha value is -1.75. The van der Waals surface area contributed by atoms with E-state index in [2.05, 4.69) is 27.8 Å². The van der Waals surface area contributed by atoms with Crippen molar-refractivity contribution in [3.8, 4) is 0 Å². The number of nitrogens with zero attached hydrogens (tertiary/aromatic N) is 1. The Kier molecular flexibility index (Phi) is 7.51. The van der Waals surface area contributed by atoms with Crippen LogP contribution in [-0.4, -0.2) is 42.9 Å². The van der Waals surface area contributed by atoms with Crippen molar-refractivity contribution >= 4 is 27.6 Å². The van der Waals surface area contributed by atoms with Crippen LogP contribution in [0.2, 0.25) is 0 Å². The van der Waals surface area contributed by atoms with Crippen LogP contribution in [0.3, 0.4) is 0 Å². The molecule has 1 saturated heterocycles. The molecule has 4 nitrogen and oxygen atoms in total. The molecule has 146 valence electrons. The van der Waals surface area contributed by atoms with E-state index in [9.17, 15) is 26.3 Å². The molecular weight excluding hydrogens is 434 g/mol. The molecule has 0 aliphatic carbocycles. The van der Waals surface area contributed by atoms with Crippen LogP contribution in [0.5, 0.6) is 0 Å². The van der Waals surface area contributed by atoms with Crippen molar-refractivity contribution in [1.29, 1.82) is 0 Å². The number of benzene rings is 1. The predicted molar refractivity (Wildman–Crippen MR) is 87.0 cm³/mol. The number of nitrogens with one attached hydrogen (secondary N) is 1. The normalized spacial score (nSPS) is 18.0. The highest BCUT2D eigenvalue weighted by Crippen LogP contribution is 2.36. The molecule has 0 amide bonds. The smallest absolute Gasteiger partial charge is 0.475 e. The highest BCUT2D eigenvalue weighted by atomic mass is 79.9. The van der Waals surface area contributed by atoms with Crippen LogP contribution in [0.15, 0.2) is 35.3 Å². The molecule has 1 aromatic carbocycles. The number of alkyl halides is 6. The highest BCUT2D eigenvalue weighted by Gasteiger charge is 2.38. The molecule has 2 rings (SSSR count). The molecule has 0 saturated carbocycles. The molecule has 26 heavy (non-hydrogen) atoms. The van der Waals surface area contributed by atoms with E-state index >= 15 is 0 Å². The lowest BCUT2D eigenvalue weighted by atomic mass is 10.1. The molecule has 1 aliphatic heterocycles. The molecule has 1 atom stereocenters. The van der Waals surface area contributed by atoms with Gasteiger partial charge in [0.1, 0.15) is 0 Å². The van der Waals surface area contributed by atoms with E-state index in [1.54, 1.807) is 6.08 Å². The van der Waals surface area contributed by atoms with Gasteiger partial charge in [-0.25, -0.2) is 4.79 Å². The van der Waals surface area contributed by atoms with E-state index in [-0.39, 0.29) is 6.04 Å². The number of aliphatic carboxylic acids is 1. The van der Waals surface area contributed by atoms with E-state index < -0.39 is 23.9 Å². The largest absolute Gasteiger partial charge is 0.490 e. The second kappa shape index (κ2) is 8.76. The summed E-state index contributed by atoms with van der Waals surface area (Å²) < 4.78 is 70.1. The summed E-state index contributed by atoms with van der Waals surface area (Å²) in [5, 5.41) is 10.4. The van der Waals surface area contributed by atoms with E-state index in [0.717, 1.165) is 37.5 Å². The van der Waals surface area contributed by atoms with Gasteiger partial charge >= 0.3 is 18.3 Å². The zero-order valence-electron chi connectivity index (χ0n) is 13.2. The van der Waals surface area contributed by atoms with Gasteiger partial charge in [0.15, 0.2) is 0 Å². The number of carboxylic acids is 1. The van der Waals surface area contributed by atoms with Gasteiger partial charge in [0.05, 0.1) is 17.3 Å². The van der Waals surface area contributed by atoms with Crippen molar-refractivity contribution in [3.05, 3.63) is 40.9 Å². The Bertz CT molecular complexity index is 648. The molecule has 1 aromatic rings. The van der Waals surface area contributed by atoms with Gasteiger partial charge in [-0.3, -0.25) is 0 Å². The fourth-order valence-corrected chi connectivity index (χ4v) is 2.76. The summed E-state index contributed by atoms with van der Waals surface area (Å²) in [5.41, 5.74) is 0.118. The fraction of sp³-hybridized carbons (Fsp3) is 0.400. The number of carbonyl (C=O) groups is 1. The maximum atomic E-state index is 12.6. The summed E-state index contributed by atoms with van der Waals surface area (Å²) in [6.07, 6.45) is -7.60. The minimum Gasteiger partial charge on any atom is -0.475 e. The third kappa shape index (κ3) is 6.20. The van der Waals surface area contributed by atoms with Gasteiger partial charge in [-0.1, -0.05) is 6.08 Å². The maximum Gasteiger partial charge on any atom is 0.490 e. The van der Waals surface area contributed by atoms with E-state index in [4.69, 9.17) is 9.90 Å². The molecule has 1 aliphatic rings. The Balaban J connectivity index is 0.000000412. The van der Waals surface area contributed by atoms with Gasteiger partial charge < -0.3 is 15.3 Å². The maximum absolute atomic E-state index is 12.6. The third-order valence-electron chi connectivity index (χ3n) is 3.38. The standard InChI is InChI=1S/C13H14BrF3N2.C2HF3O2/c1-2-10-8-18-5-6-19(10)12-4-3-9(7-11(12)14)13(15,16)17;3-2(4,5)1(6)7/h2-4,7,10,18H,1,5-6,8H2;(H,6,7). The molecule has 1 heterocycles. The summed E-state index contributed by atoms with van der Waals surface area (Å²) >= 11 is 3.24. The Morgan fingerprint density at radius 3 is 2.31 bits per heavy atom. The number of halogens is 7. The summed E-state index contributed by atoms with van der Waals surface area (Å²) in [5.74, 6) is -2.76. The fourth-order valence-electron chi connectivity index (χ4n) is 2.15. The van der Waals surface area contributed by atoms with Crippen molar-refractivity contribution in [2.45, 2.75) is 18.4 Å². The molecule has 11 heteroatoms. The Labute approximate surface area is 153 Å². The van der Waals surface area contributed by atoms with Gasteiger partial charge in [-0.05, 0) is 34.1 Å². The summed E-state index contributed by atoms with van der Waals surface area (Å²) in [6, 6.07) is 3.83. The molecular formula is C15H15BrF6N2O2. The van der Waals surface area contributed by atoms with Gasteiger partial charge in [0.25, 0.3) is 0 Å². The molecule has 0 bridgehead atoms. The number of rotatable bonds is 2. The zero-order chi connectivity index (χ0) is 20.1. The van der Waals surface area contributed by atoms with Crippen molar-refractivity contribution in [3.63, 3.8) is 0 Å². The van der Waals surface area contributed by atoms with E-state index in [1.165, 1.54) is 6.07 Å². The van der Waals surface area contributed by atoms with E-state index in [0.29, 0.717) is 4.47 Å². The lowest BCUT2D eigenvalue weighted by molar-refractivity contribution is -0.192. The van der Waals surface area contributed by atoms with Crippen molar-refractivity contribution in [2.24, 2.45) is 0 Å². The second-order valence-corrected chi connectivity index (χ2v) is 6.02. The van der Waals surface area contributed by atoms with Crippen molar-refractivity contribution < 1.29 is 36.2 Å². The predicted octanol–water partition coefficient (Wildman–Crippen LogP) is 4.07. The number of hydrogen-bond donors (Lipinski definition) is 2. The summed E-state index contributed by atoms with van der Waals surface area (Å²) in [4.78, 5) is 10.9. The van der Waals surface area contributed by atoms with Crippen molar-refractivity contribution in [1.82, 2.24) is 5.32 Å². The van der Waals surface area contributed by atoms with E-state index in [1.807, 2.05) is 4.90 Å². The number of carboxylic acid groups (broad SMARTS) is 1. The first-order valence-electron chi connectivity index (χ1n) is 7.14. The summed E-state index contributed by atoms with van der Waals surface area (Å²) in [7, 11) is 0. The lowest BCUT2D eigenvalue weighted by Crippen LogP contribution is -2.50. The average molecular weight is 449 g/mol. The van der Waals surface area contributed by atoms with Gasteiger partial charge in [0, 0.05) is 24.1 Å². The third-order valence-corrected chi connectivity index (χ3v) is 4.02. The van der Waals surface area contributed by atoms with Crippen molar-refractivity contribution in [2.75, 3.05) is 24.5 Å². The van der Waals surface area contributed by atoms with Crippen LogP contribution in [0.4, 0.5) is 32.0 Å². The number of anilines is 1. The SMILES string of the molecule is C=CC1CNCCN1c1ccc(C(F)(F)F)cc1Br.O=C(O)C(F)(F)F. The quantitative estimate of drug-likeness (QED) is 0.529. The van der Waals surface area contributed by atoms with Gasteiger partial charge in [-0.15, -0.1) is 6.58 Å². The molecule has 0 spiro atoms. The first kappa shape index (κ1) is 22.3. The van der Waals surface area contributed by atoms with Crippen LogP contribution in [0.1, 0.15) is 5.56 Å².